The molecule has 0 amide bonds. The number of ketones is 1. The van der Waals surface area contributed by atoms with E-state index in [-0.39, 0.29) is 30.5 Å². The number of rotatable bonds is 5. The van der Waals surface area contributed by atoms with Crippen LogP contribution in [0.2, 0.25) is 0 Å². The van der Waals surface area contributed by atoms with E-state index in [2.05, 4.69) is 4.90 Å². The topological polar surface area (TPSA) is 40.5 Å². The molecule has 4 heteroatoms. The number of piperidine rings is 1. The fourth-order valence-electron chi connectivity index (χ4n) is 2.70. The lowest BCUT2D eigenvalue weighted by atomic mass is 9.98. The summed E-state index contributed by atoms with van der Waals surface area (Å²) >= 11 is 0. The van der Waals surface area contributed by atoms with Gasteiger partial charge < -0.3 is 5.11 Å². The number of nitrogens with zero attached hydrogens (tertiary/aromatic N) is 1. The maximum Gasteiger partial charge on any atom is 0.179 e. The van der Waals surface area contributed by atoms with Crippen molar-refractivity contribution in [3.63, 3.8) is 0 Å². The molecule has 19 heavy (non-hydrogen) atoms. The predicted octanol–water partition coefficient (Wildman–Crippen LogP) is 2.25. The molecular weight excluding hydrogens is 245 g/mol. The summed E-state index contributed by atoms with van der Waals surface area (Å²) in [6, 6.07) is 6.35. The Morgan fingerprint density at radius 2 is 2.16 bits per heavy atom. The standard InChI is InChI=1S/C15H20FNO2/c16-14-7-2-1-6-13(14)15(19)11-17-9-4-3-5-12(17)8-10-18/h1-2,6-7,12,18H,3-5,8-11H2. The second-order valence-corrected chi connectivity index (χ2v) is 5.04. The SMILES string of the molecule is O=C(CN1CCCCC1CCO)c1ccccc1F. The van der Waals surface area contributed by atoms with Gasteiger partial charge >= 0.3 is 0 Å². The molecule has 1 atom stereocenters. The summed E-state index contributed by atoms with van der Waals surface area (Å²) in [5.41, 5.74) is 0.163. The number of aliphatic hydroxyl groups is 1. The van der Waals surface area contributed by atoms with Crippen LogP contribution < -0.4 is 0 Å². The van der Waals surface area contributed by atoms with Crippen LogP contribution in [0.4, 0.5) is 4.39 Å². The Kier molecular flexibility index (Phi) is 5.05. The molecule has 0 spiro atoms. The number of carbonyl (C=O) groups excluding carboxylic acids is 1. The van der Waals surface area contributed by atoms with Gasteiger partial charge in [-0.1, -0.05) is 18.6 Å². The summed E-state index contributed by atoms with van der Waals surface area (Å²) in [5, 5.41) is 9.06. The minimum Gasteiger partial charge on any atom is -0.396 e. The second kappa shape index (κ2) is 6.78. The van der Waals surface area contributed by atoms with Gasteiger partial charge in [0.15, 0.2) is 5.78 Å². The van der Waals surface area contributed by atoms with Crippen LogP contribution in [0.15, 0.2) is 24.3 Å². The monoisotopic (exact) mass is 265 g/mol. The quantitative estimate of drug-likeness (QED) is 0.830. The summed E-state index contributed by atoms with van der Waals surface area (Å²) < 4.78 is 13.6. The van der Waals surface area contributed by atoms with E-state index in [1.54, 1.807) is 12.1 Å². The molecule has 1 saturated heterocycles. The first-order valence-corrected chi connectivity index (χ1v) is 6.85. The van der Waals surface area contributed by atoms with Crippen molar-refractivity contribution in [2.24, 2.45) is 0 Å². The van der Waals surface area contributed by atoms with Crippen molar-refractivity contribution < 1.29 is 14.3 Å². The smallest absolute Gasteiger partial charge is 0.179 e. The minimum atomic E-state index is -0.455. The fourth-order valence-corrected chi connectivity index (χ4v) is 2.70. The summed E-state index contributed by atoms with van der Waals surface area (Å²) in [6.07, 6.45) is 3.89. The van der Waals surface area contributed by atoms with Gasteiger partial charge in [-0.15, -0.1) is 0 Å². The molecule has 1 aliphatic heterocycles. The van der Waals surface area contributed by atoms with Gasteiger partial charge in [0.1, 0.15) is 5.82 Å². The molecule has 104 valence electrons. The summed E-state index contributed by atoms with van der Waals surface area (Å²) in [7, 11) is 0. The number of carbonyl (C=O) groups is 1. The van der Waals surface area contributed by atoms with Gasteiger partial charge in [0.25, 0.3) is 0 Å². The Morgan fingerprint density at radius 3 is 2.89 bits per heavy atom. The van der Waals surface area contributed by atoms with Gasteiger partial charge in [-0.25, -0.2) is 4.39 Å². The van der Waals surface area contributed by atoms with E-state index in [0.717, 1.165) is 25.8 Å². The molecular formula is C15H20FNO2. The molecule has 1 aromatic carbocycles. The van der Waals surface area contributed by atoms with Crippen LogP contribution >= 0.6 is 0 Å². The molecule has 1 unspecified atom stereocenters. The number of halogens is 1. The lowest BCUT2D eigenvalue weighted by Crippen LogP contribution is -2.43. The molecule has 0 aliphatic carbocycles. The number of hydrogen-bond acceptors (Lipinski definition) is 3. The van der Waals surface area contributed by atoms with E-state index in [1.807, 2.05) is 0 Å². The predicted molar refractivity (Wildman–Crippen MR) is 71.6 cm³/mol. The maximum absolute atomic E-state index is 13.6. The van der Waals surface area contributed by atoms with Gasteiger partial charge in [-0.3, -0.25) is 9.69 Å². The van der Waals surface area contributed by atoms with Crippen LogP contribution in [0.3, 0.4) is 0 Å². The van der Waals surface area contributed by atoms with E-state index in [1.165, 1.54) is 12.1 Å². The first-order chi connectivity index (χ1) is 9.22. The fraction of sp³-hybridized carbons (Fsp3) is 0.533. The number of hydrogen-bond donors (Lipinski definition) is 1. The Balaban J connectivity index is 2.03. The molecule has 3 nitrogen and oxygen atoms in total. The van der Waals surface area contributed by atoms with Gasteiger partial charge in [0, 0.05) is 12.6 Å². The Hall–Kier alpha value is -1.26. The lowest BCUT2D eigenvalue weighted by molar-refractivity contribution is 0.0795. The van der Waals surface area contributed by atoms with E-state index < -0.39 is 5.82 Å². The van der Waals surface area contributed by atoms with Crippen molar-refractivity contribution in [2.45, 2.75) is 31.7 Å². The van der Waals surface area contributed by atoms with Crippen LogP contribution in [-0.2, 0) is 0 Å². The highest BCUT2D eigenvalue weighted by Gasteiger charge is 2.24. The maximum atomic E-state index is 13.6. The number of likely N-dealkylation sites (tertiary alicyclic amines) is 1. The molecule has 1 aromatic rings. The largest absolute Gasteiger partial charge is 0.396 e. The van der Waals surface area contributed by atoms with E-state index in [0.29, 0.717) is 6.42 Å². The highest BCUT2D eigenvalue weighted by Crippen LogP contribution is 2.20. The zero-order chi connectivity index (χ0) is 13.7. The van der Waals surface area contributed by atoms with Crippen molar-refractivity contribution in [1.29, 1.82) is 0 Å². The molecule has 1 fully saturated rings. The zero-order valence-electron chi connectivity index (χ0n) is 11.0. The Labute approximate surface area is 113 Å². The first kappa shape index (κ1) is 14.2. The van der Waals surface area contributed by atoms with Crippen LogP contribution in [0, 0.1) is 5.82 Å². The van der Waals surface area contributed by atoms with Gasteiger partial charge in [0.2, 0.25) is 0 Å². The molecule has 1 aliphatic rings. The molecule has 0 aromatic heterocycles. The van der Waals surface area contributed by atoms with Crippen LogP contribution in [0.1, 0.15) is 36.0 Å². The van der Waals surface area contributed by atoms with Gasteiger partial charge in [-0.05, 0) is 37.9 Å². The molecule has 1 heterocycles. The second-order valence-electron chi connectivity index (χ2n) is 5.04. The lowest BCUT2D eigenvalue weighted by Gasteiger charge is -2.34. The van der Waals surface area contributed by atoms with Crippen molar-refractivity contribution in [1.82, 2.24) is 4.90 Å². The molecule has 2 rings (SSSR count). The minimum absolute atomic E-state index is 0.134. The van der Waals surface area contributed by atoms with Crippen LogP contribution in [0.5, 0.6) is 0 Å². The van der Waals surface area contributed by atoms with Crippen LogP contribution in [0.25, 0.3) is 0 Å². The summed E-state index contributed by atoms with van der Waals surface area (Å²) in [4.78, 5) is 14.2. The Bertz CT molecular complexity index is 434. The third-order valence-electron chi connectivity index (χ3n) is 3.73. The average molecular weight is 265 g/mol. The molecule has 1 N–H and O–H groups in total. The Morgan fingerprint density at radius 1 is 1.37 bits per heavy atom. The third-order valence-corrected chi connectivity index (χ3v) is 3.73. The van der Waals surface area contributed by atoms with Crippen molar-refractivity contribution >= 4 is 5.78 Å². The summed E-state index contributed by atoms with van der Waals surface area (Å²) in [6.45, 7) is 1.23. The van der Waals surface area contributed by atoms with Gasteiger partial charge in [0.05, 0.1) is 12.1 Å². The van der Waals surface area contributed by atoms with Crippen LogP contribution in [-0.4, -0.2) is 41.5 Å². The number of aliphatic hydroxyl groups excluding tert-OH is 1. The van der Waals surface area contributed by atoms with Crippen molar-refractivity contribution in [3.8, 4) is 0 Å². The average Bonchev–Trinajstić information content (AvgIpc) is 2.41. The summed E-state index contributed by atoms with van der Waals surface area (Å²) in [5.74, 6) is -0.633. The third kappa shape index (κ3) is 3.61. The van der Waals surface area contributed by atoms with E-state index in [4.69, 9.17) is 5.11 Å². The normalized spacial score (nSPS) is 20.4. The first-order valence-electron chi connectivity index (χ1n) is 6.85. The number of benzene rings is 1. The van der Waals surface area contributed by atoms with Gasteiger partial charge in [-0.2, -0.15) is 0 Å². The highest BCUT2D eigenvalue weighted by atomic mass is 19.1. The highest BCUT2D eigenvalue weighted by molar-refractivity contribution is 5.97. The van der Waals surface area contributed by atoms with Crippen molar-refractivity contribution in [3.05, 3.63) is 35.6 Å². The zero-order valence-corrected chi connectivity index (χ0v) is 11.0. The molecule has 0 bridgehead atoms. The molecule has 0 radical (unpaired) electrons. The number of Topliss-reactive ketones (excluding diaryl/α,β-unsaturated/α-hetero) is 1. The van der Waals surface area contributed by atoms with E-state index in [9.17, 15) is 9.18 Å². The van der Waals surface area contributed by atoms with E-state index >= 15 is 0 Å². The molecule has 0 saturated carbocycles. The van der Waals surface area contributed by atoms with Crippen molar-refractivity contribution in [2.75, 3.05) is 19.7 Å².